The maximum Gasteiger partial charge on any atom is 0.407 e. The third kappa shape index (κ3) is 9.37. The molecule has 9 nitrogen and oxygen atoms in total. The number of amides is 2. The molecule has 0 saturated carbocycles. The van der Waals surface area contributed by atoms with Crippen LogP contribution in [0.5, 0.6) is 0 Å². The molecule has 2 amide bonds. The highest BCUT2D eigenvalue weighted by Gasteiger charge is 2.28. The van der Waals surface area contributed by atoms with Gasteiger partial charge in [-0.25, -0.2) is 9.79 Å². The van der Waals surface area contributed by atoms with E-state index in [4.69, 9.17) is 9.47 Å². The van der Waals surface area contributed by atoms with Crippen molar-refractivity contribution in [3.63, 3.8) is 0 Å². The number of aliphatic imine (C=N–C) groups is 1. The van der Waals surface area contributed by atoms with E-state index in [1.54, 1.807) is 14.1 Å². The zero-order chi connectivity index (χ0) is 20.7. The summed E-state index contributed by atoms with van der Waals surface area (Å²) in [6, 6.07) is -0.0128. The number of carbonyl (C=O) groups is 2. The number of hydrogen-bond acceptors (Lipinski definition) is 5. The number of alkyl carbamates (subject to hydrolysis) is 1. The van der Waals surface area contributed by atoms with E-state index in [-0.39, 0.29) is 42.5 Å². The van der Waals surface area contributed by atoms with Gasteiger partial charge in [0.25, 0.3) is 0 Å². The van der Waals surface area contributed by atoms with Crippen LogP contribution in [0.4, 0.5) is 4.79 Å². The minimum Gasteiger partial charge on any atom is -0.444 e. The van der Waals surface area contributed by atoms with Crippen LogP contribution >= 0.6 is 24.0 Å². The van der Waals surface area contributed by atoms with Crippen LogP contribution in [0.15, 0.2) is 4.99 Å². The molecule has 2 heterocycles. The van der Waals surface area contributed by atoms with Crippen molar-refractivity contribution in [1.29, 1.82) is 0 Å². The van der Waals surface area contributed by atoms with Crippen molar-refractivity contribution in [1.82, 2.24) is 20.4 Å². The summed E-state index contributed by atoms with van der Waals surface area (Å²) in [5.74, 6) is 1.11. The molecule has 0 aromatic heterocycles. The van der Waals surface area contributed by atoms with Gasteiger partial charge in [0.2, 0.25) is 5.91 Å². The molecule has 2 saturated heterocycles. The summed E-state index contributed by atoms with van der Waals surface area (Å²) in [6.07, 6.45) is 1.42. The van der Waals surface area contributed by atoms with E-state index >= 15 is 0 Å². The molecule has 0 aromatic carbocycles. The maximum atomic E-state index is 12.0. The number of rotatable bonds is 5. The molecule has 29 heavy (non-hydrogen) atoms. The van der Waals surface area contributed by atoms with E-state index in [0.29, 0.717) is 18.4 Å². The lowest BCUT2D eigenvalue weighted by atomic mass is 10.1. The molecule has 0 radical (unpaired) electrons. The number of likely N-dealkylation sites (N-methyl/N-ethyl adjacent to an activating group) is 1. The first-order chi connectivity index (χ1) is 13.1. The monoisotopic (exact) mass is 525 g/mol. The molecule has 2 unspecified atom stereocenters. The van der Waals surface area contributed by atoms with Crippen molar-refractivity contribution in [2.75, 3.05) is 53.5 Å². The second-order valence-electron chi connectivity index (χ2n) is 8.62. The van der Waals surface area contributed by atoms with Crippen molar-refractivity contribution in [3.05, 3.63) is 0 Å². The Morgan fingerprint density at radius 2 is 2.00 bits per heavy atom. The average molecular weight is 525 g/mol. The SMILES string of the molecule is CN(C)C(=O)CN=C(NCC1CCOC1)N1CCC(NC(=O)OC(C)(C)C)C1.I. The quantitative estimate of drug-likeness (QED) is 0.319. The number of nitrogens with zero attached hydrogens (tertiary/aromatic N) is 3. The Balaban J connectivity index is 0.00000420. The van der Waals surface area contributed by atoms with Crippen LogP contribution in [0.3, 0.4) is 0 Å². The second-order valence-corrected chi connectivity index (χ2v) is 8.62. The highest BCUT2D eigenvalue weighted by molar-refractivity contribution is 14.0. The van der Waals surface area contributed by atoms with Gasteiger partial charge in [-0.3, -0.25) is 4.79 Å². The molecule has 2 N–H and O–H groups in total. The second kappa shape index (κ2) is 11.8. The average Bonchev–Trinajstić information content (AvgIpc) is 3.24. The van der Waals surface area contributed by atoms with Crippen molar-refractivity contribution in [3.8, 4) is 0 Å². The van der Waals surface area contributed by atoms with Gasteiger partial charge in [-0.1, -0.05) is 0 Å². The minimum atomic E-state index is -0.521. The Kier molecular flexibility index (Phi) is 10.4. The van der Waals surface area contributed by atoms with Crippen LogP contribution in [0.2, 0.25) is 0 Å². The topological polar surface area (TPSA) is 95.5 Å². The molecule has 2 fully saturated rings. The number of carbonyl (C=O) groups excluding carboxylic acids is 2. The molecular weight excluding hydrogens is 489 g/mol. The maximum absolute atomic E-state index is 12.0. The first-order valence-corrected chi connectivity index (χ1v) is 9.94. The van der Waals surface area contributed by atoms with Crippen LogP contribution < -0.4 is 10.6 Å². The highest BCUT2D eigenvalue weighted by Crippen LogP contribution is 2.14. The predicted octanol–water partition coefficient (Wildman–Crippen LogP) is 1.27. The molecule has 2 aliphatic rings. The first kappa shape index (κ1) is 25.7. The molecule has 0 bridgehead atoms. The van der Waals surface area contributed by atoms with Crippen LogP contribution in [-0.2, 0) is 14.3 Å². The van der Waals surface area contributed by atoms with Gasteiger partial charge >= 0.3 is 6.09 Å². The first-order valence-electron chi connectivity index (χ1n) is 9.94. The van der Waals surface area contributed by atoms with Gasteiger partial charge < -0.3 is 29.9 Å². The largest absolute Gasteiger partial charge is 0.444 e. The van der Waals surface area contributed by atoms with E-state index < -0.39 is 11.7 Å². The van der Waals surface area contributed by atoms with Crippen LogP contribution in [0, 0.1) is 5.92 Å². The molecule has 168 valence electrons. The number of guanidine groups is 1. The number of nitrogens with one attached hydrogen (secondary N) is 2. The summed E-state index contributed by atoms with van der Waals surface area (Å²) in [5, 5.41) is 6.31. The molecule has 10 heteroatoms. The van der Waals surface area contributed by atoms with Gasteiger partial charge in [-0.05, 0) is 33.6 Å². The molecule has 0 aromatic rings. The van der Waals surface area contributed by atoms with Gasteiger partial charge in [0.15, 0.2) is 5.96 Å². The van der Waals surface area contributed by atoms with Crippen LogP contribution in [0.1, 0.15) is 33.6 Å². The summed E-state index contributed by atoms with van der Waals surface area (Å²) < 4.78 is 10.8. The van der Waals surface area contributed by atoms with E-state index in [0.717, 1.165) is 39.1 Å². The Labute approximate surface area is 191 Å². The fraction of sp³-hybridized carbons (Fsp3) is 0.842. The van der Waals surface area contributed by atoms with E-state index in [2.05, 4.69) is 20.5 Å². The van der Waals surface area contributed by atoms with Gasteiger partial charge in [-0.2, -0.15) is 0 Å². The Morgan fingerprint density at radius 3 is 2.59 bits per heavy atom. The van der Waals surface area contributed by atoms with Crippen molar-refractivity contribution in [2.45, 2.75) is 45.3 Å². The van der Waals surface area contributed by atoms with Gasteiger partial charge in [0.1, 0.15) is 12.1 Å². The fourth-order valence-corrected chi connectivity index (χ4v) is 3.08. The molecule has 0 spiro atoms. The Bertz CT molecular complexity index is 573. The third-order valence-electron chi connectivity index (χ3n) is 4.64. The van der Waals surface area contributed by atoms with Crippen LogP contribution in [0.25, 0.3) is 0 Å². The zero-order valence-corrected chi connectivity index (χ0v) is 20.5. The van der Waals surface area contributed by atoms with Gasteiger partial charge in [0.05, 0.1) is 12.6 Å². The minimum absolute atomic E-state index is 0. The van der Waals surface area contributed by atoms with Crippen LogP contribution in [-0.4, -0.2) is 92.9 Å². The van der Waals surface area contributed by atoms with Crippen molar-refractivity contribution < 1.29 is 19.1 Å². The van der Waals surface area contributed by atoms with Gasteiger partial charge in [0, 0.05) is 46.3 Å². The summed E-state index contributed by atoms with van der Waals surface area (Å²) in [5.41, 5.74) is -0.521. The number of likely N-dealkylation sites (tertiary alicyclic amines) is 1. The van der Waals surface area contributed by atoms with E-state index in [9.17, 15) is 9.59 Å². The number of halogens is 1. The highest BCUT2D eigenvalue weighted by atomic mass is 127. The molecular formula is C19H36IN5O4. The lowest BCUT2D eigenvalue weighted by Crippen LogP contribution is -2.45. The third-order valence-corrected chi connectivity index (χ3v) is 4.64. The number of hydrogen-bond donors (Lipinski definition) is 2. The predicted molar refractivity (Wildman–Crippen MR) is 123 cm³/mol. The standard InChI is InChI=1S/C19H35N5O4.HI/c1-19(2,3)28-18(26)22-15-6-8-24(12-15)17(21-11-16(25)23(4)5)20-10-14-7-9-27-13-14;/h14-15H,6-13H2,1-5H3,(H,20,21)(H,22,26);1H. The molecule has 2 aliphatic heterocycles. The lowest BCUT2D eigenvalue weighted by molar-refractivity contribution is -0.127. The molecule has 2 atom stereocenters. The fourth-order valence-electron chi connectivity index (χ4n) is 3.08. The number of ether oxygens (including phenoxy) is 2. The summed E-state index contributed by atoms with van der Waals surface area (Å²) in [7, 11) is 3.44. The summed E-state index contributed by atoms with van der Waals surface area (Å²) in [4.78, 5) is 32.1. The zero-order valence-electron chi connectivity index (χ0n) is 18.2. The van der Waals surface area contributed by atoms with Gasteiger partial charge in [-0.15, -0.1) is 24.0 Å². The normalized spacial score (nSPS) is 22.1. The molecule has 0 aliphatic carbocycles. The summed E-state index contributed by atoms with van der Waals surface area (Å²) in [6.45, 7) is 9.31. The van der Waals surface area contributed by atoms with Crippen molar-refractivity contribution in [2.24, 2.45) is 10.9 Å². The lowest BCUT2D eigenvalue weighted by Gasteiger charge is -2.24. The smallest absolute Gasteiger partial charge is 0.407 e. The van der Waals surface area contributed by atoms with E-state index in [1.165, 1.54) is 4.90 Å². The Morgan fingerprint density at radius 1 is 1.28 bits per heavy atom. The Hall–Kier alpha value is -1.30. The summed E-state index contributed by atoms with van der Waals surface area (Å²) >= 11 is 0. The van der Waals surface area contributed by atoms with Crippen molar-refractivity contribution >= 4 is 41.9 Å². The van der Waals surface area contributed by atoms with E-state index in [1.807, 2.05) is 20.8 Å². The molecule has 2 rings (SSSR count).